The molecule has 1 heterocycles. The fraction of sp³-hybridized carbons (Fsp3) is 0.619. The number of benzene rings is 1. The first kappa shape index (κ1) is 17.4. The van der Waals surface area contributed by atoms with Gasteiger partial charge in [-0.25, -0.2) is 4.79 Å². The van der Waals surface area contributed by atoms with Crippen LogP contribution in [0, 0.1) is 5.92 Å². The van der Waals surface area contributed by atoms with E-state index in [2.05, 4.69) is 10.6 Å². The van der Waals surface area contributed by atoms with Crippen molar-refractivity contribution in [3.63, 3.8) is 0 Å². The Bertz CT molecular complexity index is 665. The molecular weight excluding hydrogens is 326 g/mol. The van der Waals surface area contributed by atoms with Crippen molar-refractivity contribution in [3.8, 4) is 0 Å². The Labute approximate surface area is 155 Å². The highest BCUT2D eigenvalue weighted by molar-refractivity contribution is 5.97. The molecule has 1 unspecified atom stereocenters. The predicted octanol–water partition coefficient (Wildman–Crippen LogP) is 4.16. The standard InChI is InChI=1S/C21H29N3O2/c25-20(22-17-11-12-17)16-8-4-9-18(14-16)23-21(26)24-13-5-10-19(24)15-6-2-1-3-7-15/h4,8-9,14-15,17,19H,1-3,5-7,10-13H2,(H,22,25)(H,23,26). The highest BCUT2D eigenvalue weighted by Gasteiger charge is 2.35. The van der Waals surface area contributed by atoms with Gasteiger partial charge in [0, 0.05) is 29.9 Å². The van der Waals surface area contributed by atoms with Crippen LogP contribution in [0.4, 0.5) is 10.5 Å². The van der Waals surface area contributed by atoms with Gasteiger partial charge in [-0.1, -0.05) is 25.3 Å². The molecule has 1 aromatic rings. The number of anilines is 1. The van der Waals surface area contributed by atoms with Gasteiger partial charge in [-0.2, -0.15) is 0 Å². The van der Waals surface area contributed by atoms with Gasteiger partial charge in [-0.05, 0) is 62.6 Å². The van der Waals surface area contributed by atoms with Crippen LogP contribution in [-0.4, -0.2) is 35.5 Å². The van der Waals surface area contributed by atoms with Crippen molar-refractivity contribution in [1.29, 1.82) is 0 Å². The van der Waals surface area contributed by atoms with Gasteiger partial charge in [0.2, 0.25) is 0 Å². The summed E-state index contributed by atoms with van der Waals surface area (Å²) in [6, 6.07) is 7.98. The number of carbonyl (C=O) groups excluding carboxylic acids is 2. The molecule has 3 aliphatic rings. The van der Waals surface area contributed by atoms with Gasteiger partial charge in [0.05, 0.1) is 0 Å². The molecule has 140 valence electrons. The highest BCUT2D eigenvalue weighted by atomic mass is 16.2. The molecule has 3 fully saturated rings. The maximum absolute atomic E-state index is 12.9. The van der Waals surface area contributed by atoms with Gasteiger partial charge in [0.1, 0.15) is 0 Å². The summed E-state index contributed by atoms with van der Waals surface area (Å²) in [5, 5.41) is 6.02. The molecule has 1 aromatic carbocycles. The van der Waals surface area contributed by atoms with Gasteiger partial charge in [-0.3, -0.25) is 4.79 Å². The maximum atomic E-state index is 12.9. The van der Waals surface area contributed by atoms with E-state index >= 15 is 0 Å². The van der Waals surface area contributed by atoms with E-state index in [0.29, 0.717) is 29.3 Å². The number of nitrogens with zero attached hydrogens (tertiary/aromatic N) is 1. The van der Waals surface area contributed by atoms with Gasteiger partial charge in [0.15, 0.2) is 0 Å². The molecule has 0 radical (unpaired) electrons. The topological polar surface area (TPSA) is 61.4 Å². The van der Waals surface area contributed by atoms with Gasteiger partial charge in [-0.15, -0.1) is 0 Å². The van der Waals surface area contributed by atoms with Crippen LogP contribution in [0.15, 0.2) is 24.3 Å². The average Bonchev–Trinajstić information content (AvgIpc) is 3.34. The fourth-order valence-electron chi connectivity index (χ4n) is 4.48. The number of rotatable bonds is 4. The second kappa shape index (κ2) is 7.68. The number of urea groups is 1. The number of hydrogen-bond acceptors (Lipinski definition) is 2. The molecule has 1 saturated heterocycles. The summed E-state index contributed by atoms with van der Waals surface area (Å²) in [6.45, 7) is 0.842. The molecule has 0 aromatic heterocycles. The molecule has 3 amide bonds. The fourth-order valence-corrected chi connectivity index (χ4v) is 4.48. The molecule has 1 aliphatic heterocycles. The van der Waals surface area contributed by atoms with Gasteiger partial charge < -0.3 is 15.5 Å². The Morgan fingerprint density at radius 3 is 2.54 bits per heavy atom. The number of amides is 3. The Morgan fingerprint density at radius 1 is 0.962 bits per heavy atom. The van der Waals surface area contributed by atoms with E-state index in [4.69, 9.17) is 0 Å². The Hall–Kier alpha value is -2.04. The zero-order valence-corrected chi connectivity index (χ0v) is 15.4. The van der Waals surface area contributed by atoms with Crippen LogP contribution in [0.2, 0.25) is 0 Å². The van der Waals surface area contributed by atoms with Crippen LogP contribution in [0.3, 0.4) is 0 Å². The van der Waals surface area contributed by atoms with Crippen LogP contribution in [-0.2, 0) is 0 Å². The second-order valence-electron chi connectivity index (χ2n) is 8.06. The highest BCUT2D eigenvalue weighted by Crippen LogP contribution is 2.34. The summed E-state index contributed by atoms with van der Waals surface area (Å²) < 4.78 is 0. The average molecular weight is 355 g/mol. The number of nitrogens with one attached hydrogen (secondary N) is 2. The van der Waals surface area contributed by atoms with E-state index in [1.807, 2.05) is 17.0 Å². The maximum Gasteiger partial charge on any atom is 0.322 e. The van der Waals surface area contributed by atoms with Crippen molar-refractivity contribution in [3.05, 3.63) is 29.8 Å². The zero-order chi connectivity index (χ0) is 17.9. The number of likely N-dealkylation sites (tertiary alicyclic amines) is 1. The third-order valence-electron chi connectivity index (χ3n) is 6.04. The molecular formula is C21H29N3O2. The van der Waals surface area contributed by atoms with Crippen LogP contribution in [0.25, 0.3) is 0 Å². The van der Waals surface area contributed by atoms with Gasteiger partial charge in [0.25, 0.3) is 5.91 Å². The third-order valence-corrected chi connectivity index (χ3v) is 6.04. The lowest BCUT2D eigenvalue weighted by Gasteiger charge is -2.34. The van der Waals surface area contributed by atoms with Crippen molar-refractivity contribution in [2.75, 3.05) is 11.9 Å². The van der Waals surface area contributed by atoms with Crippen LogP contribution in [0.5, 0.6) is 0 Å². The van der Waals surface area contributed by atoms with Crippen molar-refractivity contribution in [2.45, 2.75) is 69.9 Å². The lowest BCUT2D eigenvalue weighted by molar-refractivity contribution is 0.0951. The predicted molar refractivity (Wildman–Crippen MR) is 102 cm³/mol. The molecule has 0 bridgehead atoms. The molecule has 0 spiro atoms. The van der Waals surface area contributed by atoms with E-state index in [1.54, 1.807) is 12.1 Å². The summed E-state index contributed by atoms with van der Waals surface area (Å²) in [4.78, 5) is 27.1. The normalized spacial score (nSPS) is 23.7. The molecule has 1 atom stereocenters. The van der Waals surface area contributed by atoms with Crippen LogP contribution >= 0.6 is 0 Å². The van der Waals surface area contributed by atoms with Crippen LogP contribution < -0.4 is 10.6 Å². The van der Waals surface area contributed by atoms with E-state index in [1.165, 1.54) is 32.1 Å². The summed E-state index contributed by atoms with van der Waals surface area (Å²) in [5.41, 5.74) is 1.31. The van der Waals surface area contributed by atoms with Crippen molar-refractivity contribution in [2.24, 2.45) is 5.92 Å². The van der Waals surface area contributed by atoms with Crippen molar-refractivity contribution < 1.29 is 9.59 Å². The molecule has 5 heteroatoms. The minimum atomic E-state index is -0.0511. The third kappa shape index (κ3) is 4.02. The summed E-state index contributed by atoms with van der Waals surface area (Å²) in [6.07, 6.45) is 10.8. The van der Waals surface area contributed by atoms with E-state index < -0.39 is 0 Å². The summed E-state index contributed by atoms with van der Waals surface area (Å²) >= 11 is 0. The van der Waals surface area contributed by atoms with E-state index in [-0.39, 0.29) is 11.9 Å². The molecule has 2 aliphatic carbocycles. The minimum Gasteiger partial charge on any atom is -0.349 e. The second-order valence-corrected chi connectivity index (χ2v) is 8.06. The summed E-state index contributed by atoms with van der Waals surface area (Å²) in [7, 11) is 0. The zero-order valence-electron chi connectivity index (χ0n) is 15.4. The van der Waals surface area contributed by atoms with Gasteiger partial charge >= 0.3 is 6.03 Å². The lowest BCUT2D eigenvalue weighted by atomic mass is 9.83. The Kier molecular flexibility index (Phi) is 5.14. The van der Waals surface area contributed by atoms with Crippen molar-refractivity contribution >= 4 is 17.6 Å². The Morgan fingerprint density at radius 2 is 1.77 bits per heavy atom. The smallest absolute Gasteiger partial charge is 0.322 e. The molecule has 4 rings (SSSR count). The molecule has 2 saturated carbocycles. The van der Waals surface area contributed by atoms with Crippen LogP contribution in [0.1, 0.15) is 68.1 Å². The van der Waals surface area contributed by atoms with E-state index in [9.17, 15) is 9.59 Å². The first-order valence-corrected chi connectivity index (χ1v) is 10.2. The lowest BCUT2D eigenvalue weighted by Crippen LogP contribution is -2.43. The minimum absolute atomic E-state index is 0.0159. The monoisotopic (exact) mass is 355 g/mol. The molecule has 26 heavy (non-hydrogen) atoms. The largest absolute Gasteiger partial charge is 0.349 e. The summed E-state index contributed by atoms with van der Waals surface area (Å²) in [5.74, 6) is 0.609. The van der Waals surface area contributed by atoms with E-state index in [0.717, 1.165) is 32.2 Å². The molecule has 5 nitrogen and oxygen atoms in total. The number of hydrogen-bond donors (Lipinski definition) is 2. The SMILES string of the molecule is O=C(NC1CC1)c1cccc(NC(=O)N2CCCC2C2CCCCC2)c1. The first-order valence-electron chi connectivity index (χ1n) is 10.2. The molecule has 2 N–H and O–H groups in total. The number of carbonyl (C=O) groups is 2. The first-order chi connectivity index (χ1) is 12.7. The quantitative estimate of drug-likeness (QED) is 0.852. The Balaban J connectivity index is 1.39. The van der Waals surface area contributed by atoms with Crippen molar-refractivity contribution in [1.82, 2.24) is 10.2 Å².